The van der Waals surface area contributed by atoms with Crippen LogP contribution in [-0.2, 0) is 9.59 Å². The van der Waals surface area contributed by atoms with E-state index in [-0.39, 0.29) is 24.2 Å². The molecule has 0 aromatic heterocycles. The van der Waals surface area contributed by atoms with Crippen molar-refractivity contribution < 1.29 is 9.59 Å². The molecule has 2 amide bonds. The lowest BCUT2D eigenvalue weighted by atomic mass is 10.1. The van der Waals surface area contributed by atoms with Gasteiger partial charge in [0.1, 0.15) is 0 Å². The second-order valence-electron chi connectivity index (χ2n) is 4.75. The van der Waals surface area contributed by atoms with E-state index in [1.807, 2.05) is 25.1 Å². The first-order chi connectivity index (χ1) is 8.97. The van der Waals surface area contributed by atoms with Gasteiger partial charge in [-0.25, -0.2) is 0 Å². The minimum absolute atomic E-state index is 0.0842. The lowest BCUT2D eigenvalue weighted by molar-refractivity contribution is -0.123. The molecule has 1 aliphatic rings. The minimum Gasteiger partial charge on any atom is -0.376 e. The molecule has 1 aromatic rings. The molecule has 102 valence electrons. The highest BCUT2D eigenvalue weighted by atomic mass is 35.5. The number of hydrogen-bond acceptors (Lipinski definition) is 3. The summed E-state index contributed by atoms with van der Waals surface area (Å²) in [6.07, 6.45) is 0.240. The van der Waals surface area contributed by atoms with Crippen LogP contribution in [0, 0.1) is 5.92 Å². The van der Waals surface area contributed by atoms with Crippen molar-refractivity contribution in [1.29, 1.82) is 0 Å². The Kier molecular flexibility index (Phi) is 3.95. The van der Waals surface area contributed by atoms with Crippen molar-refractivity contribution in [3.8, 4) is 0 Å². The molecule has 2 rings (SSSR count). The Bertz CT molecular complexity index is 517. The maximum atomic E-state index is 12.1. The van der Waals surface area contributed by atoms with Gasteiger partial charge in [0.05, 0.1) is 17.3 Å². The zero-order chi connectivity index (χ0) is 14.0. The van der Waals surface area contributed by atoms with Crippen LogP contribution >= 0.6 is 11.6 Å². The molecule has 0 radical (unpaired) electrons. The van der Waals surface area contributed by atoms with Crippen LogP contribution in [0.15, 0.2) is 18.2 Å². The summed E-state index contributed by atoms with van der Waals surface area (Å²) in [5.74, 6) is -0.565. The highest BCUT2D eigenvalue weighted by Gasteiger charge is 2.28. The number of carbonyl (C=O) groups is 2. The molecule has 19 heavy (non-hydrogen) atoms. The Morgan fingerprint density at radius 1 is 1.47 bits per heavy atom. The molecule has 5 nitrogen and oxygen atoms in total. The third-order valence-corrected chi connectivity index (χ3v) is 3.28. The number of hydrogen-bond donors (Lipinski definition) is 2. The number of rotatable bonds is 3. The molecule has 1 heterocycles. The fraction of sp³-hybridized carbons (Fsp3) is 0.385. The van der Waals surface area contributed by atoms with Crippen molar-refractivity contribution in [3.05, 3.63) is 23.2 Å². The number of nitrogens with one attached hydrogen (secondary N) is 2. The Morgan fingerprint density at radius 3 is 2.79 bits per heavy atom. The highest BCUT2D eigenvalue weighted by molar-refractivity contribution is 6.31. The van der Waals surface area contributed by atoms with Crippen molar-refractivity contribution in [3.63, 3.8) is 0 Å². The van der Waals surface area contributed by atoms with E-state index in [0.29, 0.717) is 17.3 Å². The molecule has 1 fully saturated rings. The van der Waals surface area contributed by atoms with Gasteiger partial charge in [0, 0.05) is 32.1 Å². The molecule has 0 bridgehead atoms. The molecular formula is C13H16ClN3O2. The quantitative estimate of drug-likeness (QED) is 0.882. The normalized spacial score (nSPS) is 18.1. The van der Waals surface area contributed by atoms with Crippen molar-refractivity contribution in [2.24, 2.45) is 5.92 Å². The maximum Gasteiger partial charge on any atom is 0.229 e. The van der Waals surface area contributed by atoms with E-state index >= 15 is 0 Å². The molecule has 2 N–H and O–H groups in total. The van der Waals surface area contributed by atoms with Crippen molar-refractivity contribution >= 4 is 34.8 Å². The molecule has 1 saturated heterocycles. The SMILES string of the molecule is CN(C)c1ccc(Cl)cc1NC(=O)C1CNC(=O)C1. The van der Waals surface area contributed by atoms with E-state index in [4.69, 9.17) is 11.6 Å². The summed E-state index contributed by atoms with van der Waals surface area (Å²) in [7, 11) is 3.78. The maximum absolute atomic E-state index is 12.1. The Morgan fingerprint density at radius 2 is 2.21 bits per heavy atom. The number of anilines is 2. The molecule has 1 unspecified atom stereocenters. The lowest BCUT2D eigenvalue weighted by Crippen LogP contribution is -2.25. The van der Waals surface area contributed by atoms with Crippen LogP contribution < -0.4 is 15.5 Å². The van der Waals surface area contributed by atoms with Crippen LogP contribution in [-0.4, -0.2) is 32.5 Å². The van der Waals surface area contributed by atoms with E-state index in [2.05, 4.69) is 10.6 Å². The highest BCUT2D eigenvalue weighted by Crippen LogP contribution is 2.28. The summed E-state index contributed by atoms with van der Waals surface area (Å²) in [4.78, 5) is 25.1. The Labute approximate surface area is 116 Å². The molecule has 0 aliphatic carbocycles. The molecule has 1 aromatic carbocycles. The minimum atomic E-state index is -0.318. The molecular weight excluding hydrogens is 266 g/mol. The topological polar surface area (TPSA) is 61.4 Å². The zero-order valence-electron chi connectivity index (χ0n) is 10.9. The molecule has 1 aliphatic heterocycles. The summed E-state index contributed by atoms with van der Waals surface area (Å²) < 4.78 is 0. The second-order valence-corrected chi connectivity index (χ2v) is 5.19. The van der Waals surface area contributed by atoms with Crippen LogP contribution in [0.1, 0.15) is 6.42 Å². The standard InChI is InChI=1S/C13H16ClN3O2/c1-17(2)11-4-3-9(14)6-10(11)16-13(19)8-5-12(18)15-7-8/h3-4,6,8H,5,7H2,1-2H3,(H,15,18)(H,16,19). The predicted molar refractivity (Wildman–Crippen MR) is 75.5 cm³/mol. The van der Waals surface area contributed by atoms with Gasteiger partial charge >= 0.3 is 0 Å². The van der Waals surface area contributed by atoms with Crippen molar-refractivity contribution in [1.82, 2.24) is 5.32 Å². The fourth-order valence-electron chi connectivity index (χ4n) is 2.02. The average Bonchev–Trinajstić information content (AvgIpc) is 2.75. The largest absolute Gasteiger partial charge is 0.376 e. The summed E-state index contributed by atoms with van der Waals surface area (Å²) in [6, 6.07) is 5.32. The molecule has 0 spiro atoms. The van der Waals surface area contributed by atoms with E-state index in [1.165, 1.54) is 0 Å². The van der Waals surface area contributed by atoms with Gasteiger partial charge in [0.2, 0.25) is 11.8 Å². The third kappa shape index (κ3) is 3.17. The van der Waals surface area contributed by atoms with Gasteiger partial charge in [0.25, 0.3) is 0 Å². The predicted octanol–water partition coefficient (Wildman–Crippen LogP) is 1.48. The summed E-state index contributed by atoms with van der Waals surface area (Å²) >= 11 is 5.95. The number of amides is 2. The monoisotopic (exact) mass is 281 g/mol. The Hall–Kier alpha value is -1.75. The summed E-state index contributed by atoms with van der Waals surface area (Å²) in [5, 5.41) is 6.04. The first kappa shape index (κ1) is 13.7. The van der Waals surface area contributed by atoms with Gasteiger partial charge in [-0.05, 0) is 18.2 Å². The van der Waals surface area contributed by atoms with Gasteiger partial charge in [0.15, 0.2) is 0 Å². The van der Waals surface area contributed by atoms with Gasteiger partial charge in [-0.15, -0.1) is 0 Å². The van der Waals surface area contributed by atoms with Gasteiger partial charge < -0.3 is 15.5 Å². The van der Waals surface area contributed by atoms with Crippen LogP contribution in [0.4, 0.5) is 11.4 Å². The van der Waals surface area contributed by atoms with Crippen LogP contribution in [0.3, 0.4) is 0 Å². The van der Waals surface area contributed by atoms with Gasteiger partial charge in [-0.2, -0.15) is 0 Å². The summed E-state index contributed by atoms with van der Waals surface area (Å²) in [6.45, 7) is 0.391. The second kappa shape index (κ2) is 5.48. The molecule has 0 saturated carbocycles. The zero-order valence-corrected chi connectivity index (χ0v) is 11.6. The van der Waals surface area contributed by atoms with E-state index < -0.39 is 0 Å². The molecule has 1 atom stereocenters. The van der Waals surface area contributed by atoms with Crippen molar-refractivity contribution in [2.75, 3.05) is 30.9 Å². The fourth-order valence-corrected chi connectivity index (χ4v) is 2.20. The number of carbonyl (C=O) groups excluding carboxylic acids is 2. The Balaban J connectivity index is 2.16. The van der Waals surface area contributed by atoms with Crippen LogP contribution in [0.25, 0.3) is 0 Å². The number of halogens is 1. The van der Waals surface area contributed by atoms with Crippen LogP contribution in [0.5, 0.6) is 0 Å². The number of nitrogens with zero attached hydrogens (tertiary/aromatic N) is 1. The van der Waals surface area contributed by atoms with Crippen LogP contribution in [0.2, 0.25) is 5.02 Å². The smallest absolute Gasteiger partial charge is 0.229 e. The van der Waals surface area contributed by atoms with E-state index in [0.717, 1.165) is 5.69 Å². The van der Waals surface area contributed by atoms with Crippen molar-refractivity contribution in [2.45, 2.75) is 6.42 Å². The molecule has 6 heteroatoms. The summed E-state index contributed by atoms with van der Waals surface area (Å²) in [5.41, 5.74) is 1.52. The first-order valence-electron chi connectivity index (χ1n) is 6.02. The van der Waals surface area contributed by atoms with Gasteiger partial charge in [-0.3, -0.25) is 9.59 Å². The third-order valence-electron chi connectivity index (χ3n) is 3.05. The van der Waals surface area contributed by atoms with E-state index in [9.17, 15) is 9.59 Å². The van der Waals surface area contributed by atoms with E-state index in [1.54, 1.807) is 12.1 Å². The average molecular weight is 282 g/mol. The lowest BCUT2D eigenvalue weighted by Gasteiger charge is -2.19. The van der Waals surface area contributed by atoms with Gasteiger partial charge in [-0.1, -0.05) is 11.6 Å². The number of benzene rings is 1. The first-order valence-corrected chi connectivity index (χ1v) is 6.39.